The van der Waals surface area contributed by atoms with Crippen LogP contribution in [0.25, 0.3) is 0 Å². The lowest BCUT2D eigenvalue weighted by Crippen LogP contribution is -2.24. The van der Waals surface area contributed by atoms with Crippen molar-refractivity contribution >= 4 is 15.9 Å². The van der Waals surface area contributed by atoms with Crippen LogP contribution in [0.2, 0.25) is 0 Å². The first-order chi connectivity index (χ1) is 10.1. The molecule has 2 atom stereocenters. The van der Waals surface area contributed by atoms with Crippen molar-refractivity contribution in [1.82, 2.24) is 5.32 Å². The first-order valence-corrected chi connectivity index (χ1v) is 9.09. The lowest BCUT2D eigenvalue weighted by molar-refractivity contribution is 0.353. The van der Waals surface area contributed by atoms with E-state index in [1.165, 1.54) is 25.7 Å². The Balaban J connectivity index is 2.80. The molecule has 0 bridgehead atoms. The Morgan fingerprint density at radius 3 is 2.52 bits per heavy atom. The second-order valence-electron chi connectivity index (χ2n) is 5.83. The normalized spacial score (nSPS) is 14.1. The van der Waals surface area contributed by atoms with Gasteiger partial charge in [-0.2, -0.15) is 0 Å². The molecule has 21 heavy (non-hydrogen) atoms. The van der Waals surface area contributed by atoms with Crippen LogP contribution < -0.4 is 5.32 Å². The van der Waals surface area contributed by atoms with E-state index in [2.05, 4.69) is 42.0 Å². The molecule has 1 nitrogen and oxygen atoms in total. The summed E-state index contributed by atoms with van der Waals surface area (Å²) in [6.45, 7) is 7.65. The number of unbranched alkanes of at least 4 members (excludes halogenated alkanes) is 1. The molecular formula is C18H29BrFN. The highest BCUT2D eigenvalue weighted by molar-refractivity contribution is 9.10. The Labute approximate surface area is 137 Å². The molecule has 1 aromatic carbocycles. The highest BCUT2D eigenvalue weighted by Crippen LogP contribution is 2.28. The van der Waals surface area contributed by atoms with Crippen LogP contribution in [0.5, 0.6) is 0 Å². The zero-order valence-electron chi connectivity index (χ0n) is 13.6. The number of nitrogens with one attached hydrogen (secondary N) is 1. The van der Waals surface area contributed by atoms with Crippen molar-refractivity contribution in [3.8, 4) is 0 Å². The monoisotopic (exact) mass is 357 g/mol. The average molecular weight is 358 g/mol. The summed E-state index contributed by atoms with van der Waals surface area (Å²) in [6, 6.07) is 5.78. The van der Waals surface area contributed by atoms with Gasteiger partial charge in [0.05, 0.1) is 4.47 Å². The van der Waals surface area contributed by atoms with Gasteiger partial charge in [-0.25, -0.2) is 4.39 Å². The molecule has 120 valence electrons. The van der Waals surface area contributed by atoms with Crippen LogP contribution in [0.15, 0.2) is 22.7 Å². The van der Waals surface area contributed by atoms with Gasteiger partial charge < -0.3 is 5.32 Å². The van der Waals surface area contributed by atoms with Crippen molar-refractivity contribution in [3.63, 3.8) is 0 Å². The summed E-state index contributed by atoms with van der Waals surface area (Å²) in [5.41, 5.74) is 1.07. The molecule has 0 aliphatic carbocycles. The van der Waals surface area contributed by atoms with Gasteiger partial charge >= 0.3 is 0 Å². The minimum atomic E-state index is -0.169. The Morgan fingerprint density at radius 2 is 1.95 bits per heavy atom. The number of hydrogen-bond acceptors (Lipinski definition) is 1. The summed E-state index contributed by atoms with van der Waals surface area (Å²) in [5.74, 6) is 0.545. The molecule has 0 saturated heterocycles. The number of halogens is 2. The Bertz CT molecular complexity index is 408. The van der Waals surface area contributed by atoms with Crippen LogP contribution in [0.4, 0.5) is 4.39 Å². The first-order valence-electron chi connectivity index (χ1n) is 8.30. The molecule has 1 aromatic rings. The van der Waals surface area contributed by atoms with Crippen molar-refractivity contribution in [3.05, 3.63) is 34.1 Å². The maximum absolute atomic E-state index is 13.8. The molecule has 1 rings (SSSR count). The fourth-order valence-corrected chi connectivity index (χ4v) is 2.95. The predicted octanol–water partition coefficient (Wildman–Crippen LogP) is 6.24. The van der Waals surface area contributed by atoms with Gasteiger partial charge in [-0.15, -0.1) is 0 Å². The van der Waals surface area contributed by atoms with E-state index in [1.807, 2.05) is 12.1 Å². The van der Waals surface area contributed by atoms with Crippen LogP contribution in [0, 0.1) is 11.7 Å². The third kappa shape index (κ3) is 6.48. The minimum absolute atomic E-state index is 0.169. The maximum atomic E-state index is 13.8. The average Bonchev–Trinajstić information content (AvgIpc) is 2.49. The van der Waals surface area contributed by atoms with E-state index in [9.17, 15) is 4.39 Å². The van der Waals surface area contributed by atoms with Gasteiger partial charge in [-0.05, 0) is 58.9 Å². The summed E-state index contributed by atoms with van der Waals surface area (Å²) >= 11 is 3.23. The van der Waals surface area contributed by atoms with Crippen LogP contribution in [0.3, 0.4) is 0 Å². The quantitative estimate of drug-likeness (QED) is 0.522. The maximum Gasteiger partial charge on any atom is 0.137 e. The Kier molecular flexibility index (Phi) is 9.18. The van der Waals surface area contributed by atoms with Gasteiger partial charge in [-0.3, -0.25) is 0 Å². The molecule has 1 N–H and O–H groups in total. The van der Waals surface area contributed by atoms with Crippen LogP contribution in [0.1, 0.15) is 70.9 Å². The van der Waals surface area contributed by atoms with E-state index in [0.29, 0.717) is 10.4 Å². The molecule has 0 spiro atoms. The molecule has 2 unspecified atom stereocenters. The zero-order valence-corrected chi connectivity index (χ0v) is 15.2. The number of benzene rings is 1. The summed E-state index contributed by atoms with van der Waals surface area (Å²) in [6.07, 6.45) is 7.20. The molecule has 0 saturated carbocycles. The highest BCUT2D eigenvalue weighted by atomic mass is 79.9. The Hall–Kier alpha value is -0.410. The predicted molar refractivity (Wildman–Crippen MR) is 93.1 cm³/mol. The molecule has 0 aromatic heterocycles. The first kappa shape index (κ1) is 18.6. The summed E-state index contributed by atoms with van der Waals surface area (Å²) in [4.78, 5) is 0. The van der Waals surface area contributed by atoms with Gasteiger partial charge in [0.25, 0.3) is 0 Å². The number of rotatable bonds is 10. The Morgan fingerprint density at radius 1 is 1.19 bits per heavy atom. The fourth-order valence-electron chi connectivity index (χ4n) is 2.70. The topological polar surface area (TPSA) is 12.0 Å². The molecule has 0 amide bonds. The molecule has 3 heteroatoms. The standard InChI is InChI=1S/C18H29BrFN/c1-4-7-8-14(6-3)12-18(21-11-5-2)15-9-10-16(19)17(20)13-15/h9-10,13-14,18,21H,4-8,11-12H2,1-3H3. The van der Waals surface area contributed by atoms with Gasteiger partial charge in [0.2, 0.25) is 0 Å². The molecule has 0 radical (unpaired) electrons. The van der Waals surface area contributed by atoms with Crippen molar-refractivity contribution < 1.29 is 4.39 Å². The third-order valence-corrected chi connectivity index (χ3v) is 4.74. The van der Waals surface area contributed by atoms with Gasteiger partial charge in [0, 0.05) is 6.04 Å². The van der Waals surface area contributed by atoms with E-state index in [4.69, 9.17) is 0 Å². The molecule has 0 aliphatic rings. The van der Waals surface area contributed by atoms with E-state index in [-0.39, 0.29) is 11.9 Å². The lowest BCUT2D eigenvalue weighted by Gasteiger charge is -2.24. The van der Waals surface area contributed by atoms with E-state index in [0.717, 1.165) is 24.9 Å². The molecule has 0 fully saturated rings. The molecular weight excluding hydrogens is 329 g/mol. The molecule has 0 aliphatic heterocycles. The third-order valence-electron chi connectivity index (χ3n) is 4.10. The van der Waals surface area contributed by atoms with E-state index in [1.54, 1.807) is 6.07 Å². The van der Waals surface area contributed by atoms with Crippen LogP contribution in [-0.4, -0.2) is 6.54 Å². The second kappa shape index (κ2) is 10.3. The van der Waals surface area contributed by atoms with Crippen molar-refractivity contribution in [1.29, 1.82) is 0 Å². The summed E-state index contributed by atoms with van der Waals surface area (Å²) in [7, 11) is 0. The van der Waals surface area contributed by atoms with Gasteiger partial charge in [-0.1, -0.05) is 52.5 Å². The molecule has 0 heterocycles. The largest absolute Gasteiger partial charge is 0.310 e. The summed E-state index contributed by atoms with van der Waals surface area (Å²) in [5, 5.41) is 3.59. The van der Waals surface area contributed by atoms with Crippen molar-refractivity contribution in [2.24, 2.45) is 5.92 Å². The lowest BCUT2D eigenvalue weighted by atomic mass is 9.89. The van der Waals surface area contributed by atoms with Crippen LogP contribution in [-0.2, 0) is 0 Å². The van der Waals surface area contributed by atoms with E-state index < -0.39 is 0 Å². The zero-order chi connectivity index (χ0) is 15.7. The SMILES string of the molecule is CCCCC(CC)CC(NCCC)c1ccc(Br)c(F)c1. The number of hydrogen-bond donors (Lipinski definition) is 1. The van der Waals surface area contributed by atoms with E-state index >= 15 is 0 Å². The summed E-state index contributed by atoms with van der Waals surface area (Å²) < 4.78 is 14.3. The second-order valence-corrected chi connectivity index (χ2v) is 6.69. The fraction of sp³-hybridized carbons (Fsp3) is 0.667. The van der Waals surface area contributed by atoms with Crippen molar-refractivity contribution in [2.45, 2.75) is 65.3 Å². The van der Waals surface area contributed by atoms with Crippen molar-refractivity contribution in [2.75, 3.05) is 6.54 Å². The van der Waals surface area contributed by atoms with Crippen LogP contribution >= 0.6 is 15.9 Å². The van der Waals surface area contributed by atoms with Gasteiger partial charge in [0.1, 0.15) is 5.82 Å². The smallest absolute Gasteiger partial charge is 0.137 e. The van der Waals surface area contributed by atoms with Gasteiger partial charge in [0.15, 0.2) is 0 Å². The highest BCUT2D eigenvalue weighted by Gasteiger charge is 2.17. The minimum Gasteiger partial charge on any atom is -0.310 e.